The van der Waals surface area contributed by atoms with Crippen molar-refractivity contribution in [2.45, 2.75) is 13.8 Å². The lowest BCUT2D eigenvalue weighted by atomic mass is 10.0. The highest BCUT2D eigenvalue weighted by molar-refractivity contribution is 6.19. The summed E-state index contributed by atoms with van der Waals surface area (Å²) in [6.45, 7) is 3.67. The molecule has 1 aromatic rings. The normalized spacial score (nSPS) is 16.2. The molecule has 0 saturated heterocycles. The SMILES string of the molecule is CC1=CC(=Nc2cc(C)c(N)cc2N)C=CC1=O.Cl. The number of benzene rings is 1. The van der Waals surface area contributed by atoms with Gasteiger partial charge in [0.1, 0.15) is 0 Å². The molecule has 4 nitrogen and oxygen atoms in total. The lowest BCUT2D eigenvalue weighted by Crippen LogP contribution is -2.05. The fraction of sp³-hybridized carbons (Fsp3) is 0.143. The average Bonchev–Trinajstić information content (AvgIpc) is 2.31. The van der Waals surface area contributed by atoms with Crippen molar-refractivity contribution in [1.82, 2.24) is 0 Å². The molecular formula is C14H16ClN3O. The summed E-state index contributed by atoms with van der Waals surface area (Å²) >= 11 is 0. The smallest absolute Gasteiger partial charge is 0.181 e. The van der Waals surface area contributed by atoms with Crippen LogP contribution in [0.2, 0.25) is 0 Å². The van der Waals surface area contributed by atoms with E-state index < -0.39 is 0 Å². The zero-order valence-corrected chi connectivity index (χ0v) is 11.6. The fourth-order valence-corrected chi connectivity index (χ4v) is 1.67. The first-order chi connectivity index (χ1) is 8.47. The van der Waals surface area contributed by atoms with Crippen LogP contribution in [0.1, 0.15) is 12.5 Å². The Kier molecular flexibility index (Phi) is 4.51. The van der Waals surface area contributed by atoms with Crippen molar-refractivity contribution >= 4 is 41.0 Å². The number of hydrogen-bond donors (Lipinski definition) is 2. The van der Waals surface area contributed by atoms with Gasteiger partial charge in [-0.3, -0.25) is 4.79 Å². The first-order valence-electron chi connectivity index (χ1n) is 5.62. The fourth-order valence-electron chi connectivity index (χ4n) is 1.67. The van der Waals surface area contributed by atoms with Crippen molar-refractivity contribution < 1.29 is 4.79 Å². The third kappa shape index (κ3) is 3.23. The molecule has 1 aliphatic rings. The Morgan fingerprint density at radius 1 is 1.05 bits per heavy atom. The summed E-state index contributed by atoms with van der Waals surface area (Å²) in [6.07, 6.45) is 4.93. The molecule has 0 bridgehead atoms. The summed E-state index contributed by atoms with van der Waals surface area (Å²) < 4.78 is 0. The predicted octanol–water partition coefficient (Wildman–Crippen LogP) is 2.74. The van der Waals surface area contributed by atoms with E-state index in [9.17, 15) is 4.79 Å². The topological polar surface area (TPSA) is 81.5 Å². The van der Waals surface area contributed by atoms with Gasteiger partial charge in [0, 0.05) is 5.69 Å². The van der Waals surface area contributed by atoms with E-state index in [2.05, 4.69) is 4.99 Å². The Hall–Kier alpha value is -2.07. The van der Waals surface area contributed by atoms with Crippen molar-refractivity contribution in [1.29, 1.82) is 0 Å². The average molecular weight is 278 g/mol. The summed E-state index contributed by atoms with van der Waals surface area (Å²) in [7, 11) is 0. The lowest BCUT2D eigenvalue weighted by molar-refractivity contribution is -0.111. The van der Waals surface area contributed by atoms with Crippen molar-refractivity contribution in [2.24, 2.45) is 4.99 Å². The summed E-state index contributed by atoms with van der Waals surface area (Å²) in [4.78, 5) is 15.7. The Morgan fingerprint density at radius 2 is 1.74 bits per heavy atom. The van der Waals surface area contributed by atoms with Crippen LogP contribution in [-0.2, 0) is 4.79 Å². The second-order valence-electron chi connectivity index (χ2n) is 4.33. The van der Waals surface area contributed by atoms with Crippen molar-refractivity contribution in [3.63, 3.8) is 0 Å². The Balaban J connectivity index is 0.00000180. The van der Waals surface area contributed by atoms with Gasteiger partial charge in [0.25, 0.3) is 0 Å². The summed E-state index contributed by atoms with van der Waals surface area (Å²) in [6, 6.07) is 3.54. The van der Waals surface area contributed by atoms with Crippen LogP contribution in [-0.4, -0.2) is 11.5 Å². The van der Waals surface area contributed by atoms with E-state index in [0.29, 0.717) is 28.3 Å². The highest BCUT2D eigenvalue weighted by atomic mass is 35.5. The van der Waals surface area contributed by atoms with Gasteiger partial charge in [0.05, 0.1) is 17.1 Å². The molecule has 0 spiro atoms. The second-order valence-corrected chi connectivity index (χ2v) is 4.33. The van der Waals surface area contributed by atoms with Gasteiger partial charge < -0.3 is 11.5 Å². The van der Waals surface area contributed by atoms with E-state index in [4.69, 9.17) is 11.5 Å². The number of carbonyl (C=O) groups excluding carboxylic acids is 1. The summed E-state index contributed by atoms with van der Waals surface area (Å²) in [5.41, 5.74) is 15.8. The van der Waals surface area contributed by atoms with E-state index >= 15 is 0 Å². The molecule has 0 heterocycles. The van der Waals surface area contributed by atoms with E-state index in [1.54, 1.807) is 25.1 Å². The Morgan fingerprint density at radius 3 is 2.37 bits per heavy atom. The number of aryl methyl sites for hydroxylation is 1. The maximum Gasteiger partial charge on any atom is 0.181 e. The Labute approximate surface area is 118 Å². The molecule has 0 aromatic heterocycles. The zero-order chi connectivity index (χ0) is 13.3. The third-order valence-corrected chi connectivity index (χ3v) is 2.82. The molecule has 19 heavy (non-hydrogen) atoms. The minimum Gasteiger partial charge on any atom is -0.398 e. The van der Waals surface area contributed by atoms with Gasteiger partial charge >= 0.3 is 0 Å². The number of aliphatic imine (C=N–C) groups is 1. The number of nitrogen functional groups attached to an aromatic ring is 2. The largest absolute Gasteiger partial charge is 0.398 e. The van der Waals surface area contributed by atoms with E-state index in [0.717, 1.165) is 5.56 Å². The summed E-state index contributed by atoms with van der Waals surface area (Å²) in [5, 5.41) is 0. The number of nitrogens with two attached hydrogens (primary N) is 2. The standard InChI is InChI=1S/C14H15N3O.ClH/c1-8-6-13(12(16)7-11(8)15)17-10-3-4-14(18)9(2)5-10;/h3-7H,15-16H2,1-2H3;1H. The van der Waals surface area contributed by atoms with Crippen LogP contribution in [0.5, 0.6) is 0 Å². The number of nitrogens with zero attached hydrogens (tertiary/aromatic N) is 1. The van der Waals surface area contributed by atoms with Gasteiger partial charge in [-0.05, 0) is 55.3 Å². The number of anilines is 2. The molecule has 0 unspecified atom stereocenters. The van der Waals surface area contributed by atoms with E-state index in [1.807, 2.05) is 13.0 Å². The number of rotatable bonds is 1. The molecule has 0 radical (unpaired) electrons. The van der Waals surface area contributed by atoms with Crippen LogP contribution in [0.25, 0.3) is 0 Å². The molecule has 0 saturated carbocycles. The number of hydrogen-bond acceptors (Lipinski definition) is 4. The number of halogens is 1. The molecule has 2 rings (SSSR count). The lowest BCUT2D eigenvalue weighted by Gasteiger charge is -2.08. The van der Waals surface area contributed by atoms with Gasteiger partial charge in [0.2, 0.25) is 0 Å². The van der Waals surface area contributed by atoms with Gasteiger partial charge in [0.15, 0.2) is 5.78 Å². The number of ketones is 1. The molecule has 1 aliphatic carbocycles. The summed E-state index contributed by atoms with van der Waals surface area (Å²) in [5.74, 6) is 0.00964. The van der Waals surface area contributed by atoms with Crippen LogP contribution < -0.4 is 11.5 Å². The maximum absolute atomic E-state index is 11.3. The molecule has 0 fully saturated rings. The first kappa shape index (κ1) is 15.0. The van der Waals surface area contributed by atoms with Gasteiger partial charge in [-0.2, -0.15) is 0 Å². The minimum absolute atomic E-state index is 0. The number of allylic oxidation sites excluding steroid dienone is 4. The molecule has 0 aliphatic heterocycles. The zero-order valence-electron chi connectivity index (χ0n) is 10.8. The molecule has 100 valence electrons. The predicted molar refractivity (Wildman–Crippen MR) is 82.3 cm³/mol. The minimum atomic E-state index is 0. The molecular weight excluding hydrogens is 262 g/mol. The van der Waals surface area contributed by atoms with Crippen LogP contribution in [0.4, 0.5) is 17.1 Å². The molecule has 4 N–H and O–H groups in total. The first-order valence-corrected chi connectivity index (χ1v) is 5.62. The maximum atomic E-state index is 11.3. The van der Waals surface area contributed by atoms with Gasteiger partial charge in [-0.1, -0.05) is 0 Å². The van der Waals surface area contributed by atoms with Gasteiger partial charge in [-0.25, -0.2) is 4.99 Å². The van der Waals surface area contributed by atoms with E-state index in [-0.39, 0.29) is 18.2 Å². The third-order valence-electron chi connectivity index (χ3n) is 2.82. The highest BCUT2D eigenvalue weighted by Gasteiger charge is 2.08. The van der Waals surface area contributed by atoms with Crippen LogP contribution in [0, 0.1) is 6.92 Å². The molecule has 0 amide bonds. The van der Waals surface area contributed by atoms with Crippen molar-refractivity contribution in [2.75, 3.05) is 11.5 Å². The van der Waals surface area contributed by atoms with Gasteiger partial charge in [-0.15, -0.1) is 12.4 Å². The Bertz CT molecular complexity index is 615. The second kappa shape index (κ2) is 5.71. The number of carbonyl (C=O) groups is 1. The molecule has 1 aromatic carbocycles. The van der Waals surface area contributed by atoms with Crippen molar-refractivity contribution in [3.05, 3.63) is 41.5 Å². The van der Waals surface area contributed by atoms with Crippen molar-refractivity contribution in [3.8, 4) is 0 Å². The van der Waals surface area contributed by atoms with Crippen LogP contribution >= 0.6 is 12.4 Å². The van der Waals surface area contributed by atoms with E-state index in [1.165, 1.54) is 6.08 Å². The quantitative estimate of drug-likeness (QED) is 0.612. The molecule has 0 atom stereocenters. The van der Waals surface area contributed by atoms with Crippen LogP contribution in [0.3, 0.4) is 0 Å². The van der Waals surface area contributed by atoms with Crippen LogP contribution in [0.15, 0.2) is 40.9 Å². The highest BCUT2D eigenvalue weighted by Crippen LogP contribution is 2.28. The monoisotopic (exact) mass is 277 g/mol. The molecule has 5 heteroatoms.